The molecule has 1 amide bonds. The second-order valence-electron chi connectivity index (χ2n) is 5.83. The van der Waals surface area contributed by atoms with Gasteiger partial charge in [-0.2, -0.15) is 0 Å². The summed E-state index contributed by atoms with van der Waals surface area (Å²) < 4.78 is 0. The van der Waals surface area contributed by atoms with Crippen molar-refractivity contribution in [1.29, 1.82) is 0 Å². The van der Waals surface area contributed by atoms with Crippen molar-refractivity contribution in [3.8, 4) is 10.6 Å². The van der Waals surface area contributed by atoms with E-state index in [9.17, 15) is 4.79 Å². The van der Waals surface area contributed by atoms with Gasteiger partial charge in [0, 0.05) is 55.0 Å². The third-order valence-electron chi connectivity index (χ3n) is 4.15. The number of H-pyrrole nitrogens is 1. The number of rotatable bonds is 5. The first-order valence-electron chi connectivity index (χ1n) is 8.19. The number of nitrogens with zero attached hydrogens (tertiary/aromatic N) is 3. The summed E-state index contributed by atoms with van der Waals surface area (Å²) in [5.74, 6) is -0.0456. The maximum absolute atomic E-state index is 12.4. The summed E-state index contributed by atoms with van der Waals surface area (Å²) in [7, 11) is 0. The average Bonchev–Trinajstić information content (AvgIpc) is 3.31. The molecule has 8 heteroatoms. The molecule has 4 rings (SSSR count). The topological polar surface area (TPSA) is 95.6 Å². The maximum atomic E-state index is 12.4. The van der Waals surface area contributed by atoms with Crippen molar-refractivity contribution >= 4 is 17.2 Å². The van der Waals surface area contributed by atoms with E-state index in [2.05, 4.69) is 30.6 Å². The lowest BCUT2D eigenvalue weighted by atomic mass is 10.1. The van der Waals surface area contributed by atoms with Gasteiger partial charge in [-0.05, 0) is 12.1 Å². The monoisotopic (exact) mass is 354 g/mol. The molecule has 0 aromatic carbocycles. The molecule has 0 saturated carbocycles. The molecule has 0 bridgehead atoms. The average molecular weight is 354 g/mol. The molecule has 0 aliphatic carbocycles. The van der Waals surface area contributed by atoms with E-state index in [4.69, 9.17) is 0 Å². The lowest BCUT2D eigenvalue weighted by Gasteiger charge is -2.22. The number of nitrogens with one attached hydrogen (secondary N) is 3. The van der Waals surface area contributed by atoms with Gasteiger partial charge in [0.25, 0.3) is 0 Å². The predicted molar refractivity (Wildman–Crippen MR) is 95.1 cm³/mol. The minimum atomic E-state index is -0.378. The van der Waals surface area contributed by atoms with Crippen LogP contribution in [-0.4, -0.2) is 38.9 Å². The molecule has 0 spiro atoms. The van der Waals surface area contributed by atoms with Crippen molar-refractivity contribution in [3.05, 3.63) is 53.3 Å². The summed E-state index contributed by atoms with van der Waals surface area (Å²) in [6.45, 7) is 1.32. The molecule has 7 nitrogen and oxygen atoms in total. The van der Waals surface area contributed by atoms with E-state index in [1.165, 1.54) is 0 Å². The summed E-state index contributed by atoms with van der Waals surface area (Å²) in [6, 6.07) is 3.52. The first-order chi connectivity index (χ1) is 12.3. The second kappa shape index (κ2) is 7.12. The van der Waals surface area contributed by atoms with Crippen LogP contribution in [0.15, 0.2) is 36.2 Å². The van der Waals surface area contributed by atoms with Crippen molar-refractivity contribution < 1.29 is 4.79 Å². The Morgan fingerprint density at radius 2 is 2.40 bits per heavy atom. The number of hydrogen-bond donors (Lipinski definition) is 3. The van der Waals surface area contributed by atoms with Crippen LogP contribution in [0.5, 0.6) is 0 Å². The van der Waals surface area contributed by atoms with Crippen LogP contribution in [0.1, 0.15) is 23.1 Å². The fourth-order valence-electron chi connectivity index (χ4n) is 2.90. The van der Waals surface area contributed by atoms with Gasteiger partial charge in [-0.25, -0.2) is 9.97 Å². The third kappa shape index (κ3) is 3.45. The zero-order valence-electron chi connectivity index (χ0n) is 13.5. The molecular weight excluding hydrogens is 336 g/mol. The smallest absolute Gasteiger partial charge is 0.243 e. The van der Waals surface area contributed by atoms with Crippen molar-refractivity contribution in [1.82, 2.24) is 30.6 Å². The van der Waals surface area contributed by atoms with E-state index in [0.29, 0.717) is 13.0 Å². The highest BCUT2D eigenvalue weighted by molar-refractivity contribution is 7.13. The zero-order valence-corrected chi connectivity index (χ0v) is 14.3. The van der Waals surface area contributed by atoms with Crippen LogP contribution in [-0.2, 0) is 17.6 Å². The van der Waals surface area contributed by atoms with Gasteiger partial charge in [-0.15, -0.1) is 11.3 Å². The first kappa shape index (κ1) is 15.9. The highest BCUT2D eigenvalue weighted by atomic mass is 32.1. The van der Waals surface area contributed by atoms with E-state index in [0.717, 1.165) is 40.6 Å². The SMILES string of the molecule is O=C(NCCc1csc(-c2cccnc2)n1)C1NCCc2[nH]cnc21. The quantitative estimate of drug-likeness (QED) is 0.645. The molecule has 3 N–H and O–H groups in total. The van der Waals surface area contributed by atoms with Gasteiger partial charge < -0.3 is 15.6 Å². The number of fused-ring (bicyclic) bond motifs is 1. The summed E-state index contributed by atoms with van der Waals surface area (Å²) in [4.78, 5) is 28.5. The van der Waals surface area contributed by atoms with Crippen LogP contribution in [0.3, 0.4) is 0 Å². The Balaban J connectivity index is 1.33. The van der Waals surface area contributed by atoms with E-state index in [1.807, 2.05) is 17.5 Å². The van der Waals surface area contributed by atoms with Crippen molar-refractivity contribution in [2.75, 3.05) is 13.1 Å². The van der Waals surface area contributed by atoms with Crippen LogP contribution < -0.4 is 10.6 Å². The summed E-state index contributed by atoms with van der Waals surface area (Å²) in [5, 5.41) is 9.17. The van der Waals surface area contributed by atoms with E-state index in [-0.39, 0.29) is 11.9 Å². The van der Waals surface area contributed by atoms with Crippen LogP contribution in [0.2, 0.25) is 0 Å². The van der Waals surface area contributed by atoms with Gasteiger partial charge >= 0.3 is 0 Å². The summed E-state index contributed by atoms with van der Waals surface area (Å²) in [6.07, 6.45) is 6.77. The van der Waals surface area contributed by atoms with Gasteiger partial charge in [0.05, 0.1) is 17.7 Å². The molecule has 1 unspecified atom stereocenters. The lowest BCUT2D eigenvalue weighted by molar-refractivity contribution is -0.123. The molecule has 3 aromatic heterocycles. The summed E-state index contributed by atoms with van der Waals surface area (Å²) >= 11 is 1.59. The Labute approximate surface area is 148 Å². The fraction of sp³-hybridized carbons (Fsp3) is 0.294. The van der Waals surface area contributed by atoms with Crippen molar-refractivity contribution in [2.24, 2.45) is 0 Å². The lowest BCUT2D eigenvalue weighted by Crippen LogP contribution is -2.42. The Hall–Kier alpha value is -2.58. The molecule has 25 heavy (non-hydrogen) atoms. The number of pyridine rings is 1. The molecule has 1 aliphatic heterocycles. The number of amides is 1. The Bertz CT molecular complexity index is 859. The molecule has 0 radical (unpaired) electrons. The maximum Gasteiger partial charge on any atom is 0.243 e. The molecule has 3 aromatic rings. The van der Waals surface area contributed by atoms with E-state index < -0.39 is 0 Å². The normalized spacial score (nSPS) is 16.4. The van der Waals surface area contributed by atoms with Gasteiger partial charge in [-0.3, -0.25) is 9.78 Å². The summed E-state index contributed by atoms with van der Waals surface area (Å²) in [5.41, 5.74) is 3.83. The number of hydrogen-bond acceptors (Lipinski definition) is 6. The zero-order chi connectivity index (χ0) is 17.1. The number of carbonyl (C=O) groups excluding carboxylic acids is 1. The van der Waals surface area contributed by atoms with Crippen LogP contribution in [0.25, 0.3) is 10.6 Å². The molecule has 1 atom stereocenters. The number of aromatic nitrogens is 4. The number of imidazole rings is 1. The fourth-order valence-corrected chi connectivity index (χ4v) is 3.74. The van der Waals surface area contributed by atoms with E-state index in [1.54, 1.807) is 30.1 Å². The Morgan fingerprint density at radius 3 is 3.28 bits per heavy atom. The van der Waals surface area contributed by atoms with Crippen LogP contribution in [0, 0.1) is 0 Å². The van der Waals surface area contributed by atoms with Crippen molar-refractivity contribution in [2.45, 2.75) is 18.9 Å². The van der Waals surface area contributed by atoms with Gasteiger partial charge in [0.2, 0.25) is 5.91 Å². The Kier molecular flexibility index (Phi) is 4.53. The standard InChI is InChI=1S/C17H18N6OS/c24-16(15-14-13(4-7-19-15)21-10-22-14)20-6-3-12-9-25-17(23-12)11-2-1-5-18-8-11/h1-2,5,8-10,15,19H,3-4,6-7H2,(H,20,24)(H,21,22). The van der Waals surface area contributed by atoms with E-state index >= 15 is 0 Å². The largest absolute Gasteiger partial charge is 0.354 e. The number of thiazole rings is 1. The van der Waals surface area contributed by atoms with Crippen molar-refractivity contribution in [3.63, 3.8) is 0 Å². The minimum absolute atomic E-state index is 0.0456. The second-order valence-corrected chi connectivity index (χ2v) is 6.69. The molecule has 0 saturated heterocycles. The number of carbonyl (C=O) groups is 1. The Morgan fingerprint density at radius 1 is 1.44 bits per heavy atom. The highest BCUT2D eigenvalue weighted by Gasteiger charge is 2.28. The minimum Gasteiger partial charge on any atom is -0.354 e. The molecule has 128 valence electrons. The predicted octanol–water partition coefficient (Wildman–Crippen LogP) is 1.47. The number of aromatic amines is 1. The molecular formula is C17H18N6OS. The van der Waals surface area contributed by atoms with Crippen LogP contribution >= 0.6 is 11.3 Å². The van der Waals surface area contributed by atoms with Gasteiger partial charge in [0.15, 0.2) is 0 Å². The molecule has 1 aliphatic rings. The van der Waals surface area contributed by atoms with Gasteiger partial charge in [-0.1, -0.05) is 0 Å². The molecule has 4 heterocycles. The van der Waals surface area contributed by atoms with Crippen LogP contribution in [0.4, 0.5) is 0 Å². The third-order valence-corrected chi connectivity index (χ3v) is 5.09. The molecule has 0 fully saturated rings. The first-order valence-corrected chi connectivity index (χ1v) is 9.07. The highest BCUT2D eigenvalue weighted by Crippen LogP contribution is 2.23. The van der Waals surface area contributed by atoms with Gasteiger partial charge in [0.1, 0.15) is 11.0 Å².